The number of ether oxygens (including phenoxy) is 1. The minimum atomic E-state index is 0.0532. The lowest BCUT2D eigenvalue weighted by Crippen LogP contribution is -2.19. The molecule has 0 radical (unpaired) electrons. The standard InChI is InChI=1S/C24H27N5O/c1-24(2,3)22(17-7-9-19(10-8-17)23-26-28-29-27-23)18-11-13-21(14-12-18)30-16-20-6-4-5-15-25-20/h4,6-14,22H,5,15-16H2,1-3H3,(H,26,27,28,29). The highest BCUT2D eigenvalue weighted by molar-refractivity contribution is 5.96. The molecule has 4 rings (SSSR count). The summed E-state index contributed by atoms with van der Waals surface area (Å²) >= 11 is 0. The van der Waals surface area contributed by atoms with Gasteiger partial charge >= 0.3 is 0 Å². The number of hydrogen-bond acceptors (Lipinski definition) is 5. The molecule has 0 aliphatic carbocycles. The van der Waals surface area contributed by atoms with Crippen molar-refractivity contribution in [2.24, 2.45) is 10.4 Å². The second kappa shape index (κ2) is 8.61. The zero-order valence-electron chi connectivity index (χ0n) is 17.7. The second-order valence-electron chi connectivity index (χ2n) is 8.58. The summed E-state index contributed by atoms with van der Waals surface area (Å²) < 4.78 is 5.92. The van der Waals surface area contributed by atoms with Gasteiger partial charge in [0.25, 0.3) is 0 Å². The third-order valence-electron chi connectivity index (χ3n) is 5.23. The van der Waals surface area contributed by atoms with E-state index in [-0.39, 0.29) is 11.3 Å². The van der Waals surface area contributed by atoms with Gasteiger partial charge in [0.15, 0.2) is 0 Å². The third kappa shape index (κ3) is 4.64. The highest BCUT2D eigenvalue weighted by Gasteiger charge is 2.28. The van der Waals surface area contributed by atoms with Gasteiger partial charge in [0.2, 0.25) is 5.82 Å². The van der Waals surface area contributed by atoms with Crippen molar-refractivity contribution in [2.45, 2.75) is 33.1 Å². The molecule has 1 aromatic heterocycles. The molecule has 30 heavy (non-hydrogen) atoms. The predicted octanol–water partition coefficient (Wildman–Crippen LogP) is 4.82. The molecule has 0 saturated carbocycles. The maximum absolute atomic E-state index is 5.92. The number of aliphatic imine (C=N–C) groups is 1. The van der Waals surface area contributed by atoms with Crippen LogP contribution < -0.4 is 4.74 Å². The Kier molecular flexibility index (Phi) is 5.74. The van der Waals surface area contributed by atoms with Crippen LogP contribution in [0.15, 0.2) is 65.7 Å². The first-order valence-electron chi connectivity index (χ1n) is 10.3. The van der Waals surface area contributed by atoms with Crippen LogP contribution in [0.5, 0.6) is 5.75 Å². The quantitative estimate of drug-likeness (QED) is 0.642. The van der Waals surface area contributed by atoms with Crippen LogP contribution in [0.25, 0.3) is 11.4 Å². The molecular weight excluding hydrogens is 374 g/mol. The highest BCUT2D eigenvalue weighted by Crippen LogP contribution is 2.41. The van der Waals surface area contributed by atoms with E-state index in [0.29, 0.717) is 12.4 Å². The molecule has 2 heterocycles. The molecule has 2 aromatic carbocycles. The maximum atomic E-state index is 5.92. The van der Waals surface area contributed by atoms with E-state index in [4.69, 9.17) is 4.74 Å². The van der Waals surface area contributed by atoms with E-state index in [9.17, 15) is 0 Å². The van der Waals surface area contributed by atoms with Crippen LogP contribution in [0.1, 0.15) is 44.2 Å². The van der Waals surface area contributed by atoms with Gasteiger partial charge in [-0.3, -0.25) is 4.99 Å². The molecule has 6 heteroatoms. The van der Waals surface area contributed by atoms with Crippen molar-refractivity contribution in [1.82, 2.24) is 20.6 Å². The average molecular weight is 402 g/mol. The van der Waals surface area contributed by atoms with Crippen LogP contribution in [0.2, 0.25) is 0 Å². The Morgan fingerprint density at radius 3 is 2.27 bits per heavy atom. The first-order valence-corrected chi connectivity index (χ1v) is 10.3. The van der Waals surface area contributed by atoms with Gasteiger partial charge in [-0.25, -0.2) is 0 Å². The van der Waals surface area contributed by atoms with Gasteiger partial charge in [-0.1, -0.05) is 63.2 Å². The Morgan fingerprint density at radius 2 is 1.70 bits per heavy atom. The number of nitrogens with one attached hydrogen (secondary N) is 1. The second-order valence-corrected chi connectivity index (χ2v) is 8.58. The summed E-state index contributed by atoms with van der Waals surface area (Å²) in [5.74, 6) is 1.71. The first-order chi connectivity index (χ1) is 14.5. The van der Waals surface area contributed by atoms with E-state index < -0.39 is 0 Å². The fourth-order valence-electron chi connectivity index (χ4n) is 3.86. The predicted molar refractivity (Wildman–Crippen MR) is 119 cm³/mol. The summed E-state index contributed by atoms with van der Waals surface area (Å²) in [6.07, 6.45) is 5.21. The Hall–Kier alpha value is -3.28. The van der Waals surface area contributed by atoms with Gasteiger partial charge in [-0.05, 0) is 46.4 Å². The highest BCUT2D eigenvalue weighted by atomic mass is 16.5. The van der Waals surface area contributed by atoms with E-state index in [1.165, 1.54) is 11.1 Å². The lowest BCUT2D eigenvalue weighted by atomic mass is 9.72. The molecule has 6 nitrogen and oxygen atoms in total. The number of nitrogens with zero attached hydrogens (tertiary/aromatic N) is 4. The normalized spacial score (nSPS) is 15.0. The van der Waals surface area contributed by atoms with E-state index >= 15 is 0 Å². The number of H-pyrrole nitrogens is 1. The number of tetrazole rings is 1. The lowest BCUT2D eigenvalue weighted by Gasteiger charge is -2.32. The number of dihydropyridines is 1. The topological polar surface area (TPSA) is 76.1 Å². The van der Waals surface area contributed by atoms with Crippen LogP contribution in [0, 0.1) is 5.41 Å². The molecule has 1 unspecified atom stereocenters. The molecule has 1 aliphatic rings. The molecular formula is C24H27N5O. The van der Waals surface area contributed by atoms with Crippen LogP contribution in [-0.4, -0.2) is 39.5 Å². The van der Waals surface area contributed by atoms with Gasteiger partial charge in [0, 0.05) is 18.0 Å². The molecule has 1 atom stereocenters. The number of hydrogen-bond donors (Lipinski definition) is 1. The molecule has 0 amide bonds. The van der Waals surface area contributed by atoms with Crippen molar-refractivity contribution >= 4 is 5.71 Å². The number of aromatic nitrogens is 4. The van der Waals surface area contributed by atoms with E-state index in [1.807, 2.05) is 6.08 Å². The van der Waals surface area contributed by atoms with Crippen LogP contribution >= 0.6 is 0 Å². The van der Waals surface area contributed by atoms with Crippen molar-refractivity contribution in [3.05, 3.63) is 71.8 Å². The van der Waals surface area contributed by atoms with Crippen molar-refractivity contribution in [3.8, 4) is 17.1 Å². The Balaban J connectivity index is 1.52. The Bertz CT molecular complexity index is 1010. The SMILES string of the molecule is CC(C)(C)C(c1ccc(OCC2=NCCC=C2)cc1)c1ccc(-c2nn[nH]n2)cc1. The maximum Gasteiger partial charge on any atom is 0.204 e. The molecule has 1 N–H and O–H groups in total. The van der Waals surface area contributed by atoms with Crippen molar-refractivity contribution < 1.29 is 4.74 Å². The van der Waals surface area contributed by atoms with Crippen LogP contribution in [0.4, 0.5) is 0 Å². The monoisotopic (exact) mass is 401 g/mol. The van der Waals surface area contributed by atoms with Crippen molar-refractivity contribution in [2.75, 3.05) is 13.2 Å². The van der Waals surface area contributed by atoms with Gasteiger partial charge in [0.05, 0.1) is 5.71 Å². The van der Waals surface area contributed by atoms with Gasteiger partial charge in [-0.15, -0.1) is 10.2 Å². The summed E-state index contributed by atoms with van der Waals surface area (Å²) in [5.41, 5.74) is 4.52. The largest absolute Gasteiger partial charge is 0.487 e. The summed E-state index contributed by atoms with van der Waals surface area (Å²) in [5, 5.41) is 14.2. The number of aromatic amines is 1. The first kappa shape index (κ1) is 20.0. The van der Waals surface area contributed by atoms with E-state index in [2.05, 4.69) is 101 Å². The average Bonchev–Trinajstić information content (AvgIpc) is 3.29. The van der Waals surface area contributed by atoms with Crippen LogP contribution in [0.3, 0.4) is 0 Å². The third-order valence-corrected chi connectivity index (χ3v) is 5.23. The molecule has 154 valence electrons. The van der Waals surface area contributed by atoms with Crippen molar-refractivity contribution in [3.63, 3.8) is 0 Å². The van der Waals surface area contributed by atoms with Gasteiger partial charge < -0.3 is 4.74 Å². The molecule has 0 saturated heterocycles. The molecule has 0 bridgehead atoms. The van der Waals surface area contributed by atoms with Crippen LogP contribution in [-0.2, 0) is 0 Å². The smallest absolute Gasteiger partial charge is 0.204 e. The minimum Gasteiger partial charge on any atom is -0.487 e. The minimum absolute atomic E-state index is 0.0532. The van der Waals surface area contributed by atoms with Crippen molar-refractivity contribution in [1.29, 1.82) is 0 Å². The zero-order valence-corrected chi connectivity index (χ0v) is 17.7. The summed E-state index contributed by atoms with van der Waals surface area (Å²) in [4.78, 5) is 4.48. The Morgan fingerprint density at radius 1 is 1.00 bits per heavy atom. The Labute approximate surface area is 177 Å². The molecule has 3 aromatic rings. The summed E-state index contributed by atoms with van der Waals surface area (Å²) in [7, 11) is 0. The van der Waals surface area contributed by atoms with E-state index in [1.54, 1.807) is 0 Å². The van der Waals surface area contributed by atoms with Gasteiger partial charge in [-0.2, -0.15) is 5.21 Å². The molecule has 1 aliphatic heterocycles. The summed E-state index contributed by atoms with van der Waals surface area (Å²) in [6, 6.07) is 16.8. The lowest BCUT2D eigenvalue weighted by molar-refractivity contribution is 0.356. The zero-order chi connectivity index (χ0) is 21.0. The molecule has 0 spiro atoms. The number of benzene rings is 2. The van der Waals surface area contributed by atoms with E-state index in [0.717, 1.165) is 30.0 Å². The summed E-state index contributed by atoms with van der Waals surface area (Å²) in [6.45, 7) is 8.16. The molecule has 0 fully saturated rings. The fourth-order valence-corrected chi connectivity index (χ4v) is 3.86. The fraction of sp³-hybridized carbons (Fsp3) is 0.333. The van der Waals surface area contributed by atoms with Gasteiger partial charge in [0.1, 0.15) is 12.4 Å². The number of rotatable bonds is 6.